The first-order valence-electron chi connectivity index (χ1n) is 10.4. The Hall–Kier alpha value is -4.88. The molecule has 4 aromatic rings. The lowest BCUT2D eigenvalue weighted by atomic mass is 10.0. The molecule has 0 fully saturated rings. The van der Waals surface area contributed by atoms with Gasteiger partial charge in [-0.2, -0.15) is 18.2 Å². The maximum Gasteiger partial charge on any atom is 0.490 e. The second-order valence-corrected chi connectivity index (χ2v) is 7.77. The van der Waals surface area contributed by atoms with E-state index in [1.807, 2.05) is 26.0 Å². The molecule has 11 nitrogen and oxygen atoms in total. The first-order chi connectivity index (χ1) is 17.2. The molecular formula is C23H20F3N5O6. The Balaban J connectivity index is 0.000000479. The number of hydrogen-bond acceptors (Lipinski definition) is 8. The Bertz CT molecular complexity index is 1520. The van der Waals surface area contributed by atoms with Crippen LogP contribution >= 0.6 is 0 Å². The summed E-state index contributed by atoms with van der Waals surface area (Å²) in [6, 6.07) is 8.86. The molecular weight excluding hydrogens is 499 g/mol. The van der Waals surface area contributed by atoms with Crippen LogP contribution in [0.1, 0.15) is 27.0 Å². The van der Waals surface area contributed by atoms with Crippen molar-refractivity contribution in [1.29, 1.82) is 0 Å². The third-order valence-electron chi connectivity index (χ3n) is 5.13. The highest BCUT2D eigenvalue weighted by molar-refractivity contribution is 5.94. The fraction of sp³-hybridized carbons (Fsp3) is 0.174. The summed E-state index contributed by atoms with van der Waals surface area (Å²) in [5, 5.41) is 22.7. The molecule has 0 aliphatic heterocycles. The van der Waals surface area contributed by atoms with Gasteiger partial charge in [-0.15, -0.1) is 0 Å². The summed E-state index contributed by atoms with van der Waals surface area (Å²) in [6.07, 6.45) is -3.84. The van der Waals surface area contributed by atoms with E-state index in [1.54, 1.807) is 18.2 Å². The standard InChI is InChI=1S/C21H19N5O4.C2HF3O2/c1-10-6-14(7-11(2)12(10)3)24-20-22-9-15(19(27)28)18(26-20)23-13-4-5-17-16(8-13)25-21(29)30-17;3-2(4,5)1(6)7/h4-9H,1-3H3,(H,25,29)(H,27,28)(H2,22,23,24,26);(H,6,7). The highest BCUT2D eigenvalue weighted by Crippen LogP contribution is 2.25. The maximum absolute atomic E-state index is 11.6. The number of halogens is 3. The van der Waals surface area contributed by atoms with Gasteiger partial charge in [-0.1, -0.05) is 0 Å². The monoisotopic (exact) mass is 519 g/mol. The van der Waals surface area contributed by atoms with Crippen LogP contribution in [-0.2, 0) is 4.79 Å². The Morgan fingerprint density at radius 1 is 1.00 bits per heavy atom. The van der Waals surface area contributed by atoms with Crippen molar-refractivity contribution < 1.29 is 37.4 Å². The molecule has 4 rings (SSSR count). The molecule has 0 amide bonds. The van der Waals surface area contributed by atoms with Crippen LogP contribution in [-0.4, -0.2) is 43.3 Å². The van der Waals surface area contributed by atoms with E-state index < -0.39 is 23.9 Å². The molecule has 194 valence electrons. The topological polar surface area (TPSA) is 170 Å². The number of rotatable bonds is 5. The van der Waals surface area contributed by atoms with E-state index in [0.717, 1.165) is 16.8 Å². The molecule has 0 spiro atoms. The molecule has 14 heteroatoms. The number of H-pyrrole nitrogens is 1. The van der Waals surface area contributed by atoms with Crippen LogP contribution < -0.4 is 16.4 Å². The number of aromatic nitrogens is 3. The summed E-state index contributed by atoms with van der Waals surface area (Å²) < 4.78 is 36.7. The maximum atomic E-state index is 11.6. The van der Waals surface area contributed by atoms with Gasteiger partial charge < -0.3 is 25.3 Å². The number of nitrogens with zero attached hydrogens (tertiary/aromatic N) is 2. The lowest BCUT2D eigenvalue weighted by Crippen LogP contribution is -2.21. The Kier molecular flexibility index (Phi) is 7.51. The molecule has 0 atom stereocenters. The summed E-state index contributed by atoms with van der Waals surface area (Å²) in [5.74, 6) is -4.12. The van der Waals surface area contributed by atoms with Crippen LogP contribution in [0.3, 0.4) is 0 Å². The normalized spacial score (nSPS) is 11.0. The van der Waals surface area contributed by atoms with Crippen LogP contribution in [0.2, 0.25) is 0 Å². The van der Waals surface area contributed by atoms with Crippen molar-refractivity contribution in [2.24, 2.45) is 0 Å². The molecule has 0 unspecified atom stereocenters. The lowest BCUT2D eigenvalue weighted by Gasteiger charge is -2.13. The van der Waals surface area contributed by atoms with Gasteiger partial charge in [-0.3, -0.25) is 4.98 Å². The van der Waals surface area contributed by atoms with Crippen LogP contribution in [0.25, 0.3) is 11.1 Å². The summed E-state index contributed by atoms with van der Waals surface area (Å²) in [6.45, 7) is 6.09. The van der Waals surface area contributed by atoms with Crippen molar-refractivity contribution >= 4 is 46.2 Å². The zero-order valence-electron chi connectivity index (χ0n) is 19.5. The highest BCUT2D eigenvalue weighted by Gasteiger charge is 2.38. The van der Waals surface area contributed by atoms with Crippen molar-refractivity contribution in [1.82, 2.24) is 15.0 Å². The molecule has 0 radical (unpaired) electrons. The van der Waals surface area contributed by atoms with E-state index in [9.17, 15) is 27.9 Å². The molecule has 0 aliphatic rings. The molecule has 2 aromatic heterocycles. The number of benzene rings is 2. The summed E-state index contributed by atoms with van der Waals surface area (Å²) in [4.78, 5) is 42.9. The molecule has 37 heavy (non-hydrogen) atoms. The number of carboxylic acids is 2. The van der Waals surface area contributed by atoms with Gasteiger partial charge in [0, 0.05) is 17.6 Å². The van der Waals surface area contributed by atoms with Crippen molar-refractivity contribution in [2.45, 2.75) is 26.9 Å². The molecule has 2 heterocycles. The van der Waals surface area contributed by atoms with E-state index in [-0.39, 0.29) is 17.3 Å². The number of carboxylic acid groups (broad SMARTS) is 2. The third-order valence-corrected chi connectivity index (χ3v) is 5.13. The van der Waals surface area contributed by atoms with Gasteiger partial charge >= 0.3 is 23.9 Å². The summed E-state index contributed by atoms with van der Waals surface area (Å²) in [7, 11) is 0. The minimum atomic E-state index is -5.08. The number of fused-ring (bicyclic) bond motifs is 1. The van der Waals surface area contributed by atoms with Gasteiger partial charge in [0.15, 0.2) is 11.4 Å². The molecule has 5 N–H and O–H groups in total. The number of alkyl halides is 3. The van der Waals surface area contributed by atoms with Crippen molar-refractivity contribution in [2.75, 3.05) is 10.6 Å². The first-order valence-corrected chi connectivity index (χ1v) is 10.4. The van der Waals surface area contributed by atoms with Crippen LogP contribution in [0.15, 0.2) is 45.7 Å². The second kappa shape index (κ2) is 10.4. The quantitative estimate of drug-likeness (QED) is 0.250. The Morgan fingerprint density at radius 2 is 1.62 bits per heavy atom. The second-order valence-electron chi connectivity index (χ2n) is 7.77. The average Bonchev–Trinajstić information content (AvgIpc) is 3.16. The molecule has 2 aromatic carbocycles. The zero-order chi connectivity index (χ0) is 27.5. The van der Waals surface area contributed by atoms with E-state index >= 15 is 0 Å². The summed E-state index contributed by atoms with van der Waals surface area (Å²) >= 11 is 0. The number of oxazole rings is 1. The average molecular weight is 519 g/mol. The SMILES string of the molecule is Cc1cc(Nc2ncc(C(=O)O)c(Nc3ccc4oc(=O)[nH]c4c3)n2)cc(C)c1C.O=C(O)C(F)(F)F. The van der Waals surface area contributed by atoms with Gasteiger partial charge in [0.05, 0.1) is 5.52 Å². The van der Waals surface area contributed by atoms with E-state index in [0.29, 0.717) is 16.8 Å². The first kappa shape index (κ1) is 26.7. The lowest BCUT2D eigenvalue weighted by molar-refractivity contribution is -0.192. The number of aryl methyl sites for hydroxylation is 2. The number of nitrogens with one attached hydrogen (secondary N) is 3. The van der Waals surface area contributed by atoms with Crippen LogP contribution in [0.4, 0.5) is 36.3 Å². The fourth-order valence-electron chi connectivity index (χ4n) is 3.10. The molecule has 0 bridgehead atoms. The van der Waals surface area contributed by atoms with Gasteiger partial charge in [0.25, 0.3) is 0 Å². The molecule has 0 saturated carbocycles. The van der Waals surface area contributed by atoms with Gasteiger partial charge in [-0.25, -0.2) is 19.4 Å². The summed E-state index contributed by atoms with van der Waals surface area (Å²) in [5.41, 5.74) is 5.60. The van der Waals surface area contributed by atoms with Crippen molar-refractivity contribution in [3.63, 3.8) is 0 Å². The van der Waals surface area contributed by atoms with Gasteiger partial charge in [-0.05, 0) is 67.8 Å². The van der Waals surface area contributed by atoms with Gasteiger partial charge in [0.1, 0.15) is 5.56 Å². The Morgan fingerprint density at radius 3 is 2.19 bits per heavy atom. The predicted molar refractivity (Wildman–Crippen MR) is 127 cm³/mol. The minimum Gasteiger partial charge on any atom is -0.477 e. The van der Waals surface area contributed by atoms with Crippen molar-refractivity contribution in [3.8, 4) is 0 Å². The number of carbonyl (C=O) groups is 2. The fourth-order valence-corrected chi connectivity index (χ4v) is 3.10. The number of aliphatic carboxylic acids is 1. The number of aromatic amines is 1. The van der Waals surface area contributed by atoms with Crippen LogP contribution in [0.5, 0.6) is 0 Å². The highest BCUT2D eigenvalue weighted by atomic mass is 19.4. The van der Waals surface area contributed by atoms with E-state index in [2.05, 4.69) is 32.5 Å². The molecule has 0 aliphatic carbocycles. The largest absolute Gasteiger partial charge is 0.490 e. The number of hydrogen-bond donors (Lipinski definition) is 5. The minimum absolute atomic E-state index is 0.0856. The smallest absolute Gasteiger partial charge is 0.477 e. The number of aromatic carboxylic acids is 1. The van der Waals surface area contributed by atoms with Gasteiger partial charge in [0.2, 0.25) is 5.95 Å². The Labute approximate surface area is 206 Å². The van der Waals surface area contributed by atoms with Crippen molar-refractivity contribution in [3.05, 3.63) is 69.3 Å². The van der Waals surface area contributed by atoms with Crippen LogP contribution in [0, 0.1) is 20.8 Å². The van der Waals surface area contributed by atoms with E-state index in [1.165, 1.54) is 11.8 Å². The molecule has 0 saturated heterocycles. The third kappa shape index (κ3) is 6.62. The zero-order valence-corrected chi connectivity index (χ0v) is 19.5. The number of anilines is 4. The van der Waals surface area contributed by atoms with E-state index in [4.69, 9.17) is 14.3 Å². The predicted octanol–water partition coefficient (Wildman–Crippen LogP) is 4.66.